The first kappa shape index (κ1) is 13.0. The molecule has 1 aliphatic heterocycles. The summed E-state index contributed by atoms with van der Waals surface area (Å²) >= 11 is 0. The highest BCUT2D eigenvalue weighted by Crippen LogP contribution is 2.37. The summed E-state index contributed by atoms with van der Waals surface area (Å²) in [4.78, 5) is 0. The van der Waals surface area contributed by atoms with Gasteiger partial charge in [-0.3, -0.25) is 0 Å². The Morgan fingerprint density at radius 2 is 1.73 bits per heavy atom. The molecule has 1 saturated heterocycles. The van der Waals surface area contributed by atoms with Crippen LogP contribution in [0.3, 0.4) is 0 Å². The van der Waals surface area contributed by atoms with E-state index in [4.69, 9.17) is 0 Å². The van der Waals surface area contributed by atoms with Crippen molar-refractivity contribution in [3.05, 3.63) is 0 Å². The van der Waals surface area contributed by atoms with Gasteiger partial charge in [0, 0.05) is 0 Å². The van der Waals surface area contributed by atoms with E-state index < -0.39 is 0 Å². The van der Waals surface area contributed by atoms with Crippen LogP contribution in [-0.4, -0.2) is 13.1 Å². The van der Waals surface area contributed by atoms with Gasteiger partial charge in [0.1, 0.15) is 0 Å². The maximum absolute atomic E-state index is 3.46. The highest BCUT2D eigenvalue weighted by atomic mass is 14.9. The molecular weight excluding hydrogens is 182 g/mol. The lowest BCUT2D eigenvalue weighted by Gasteiger charge is -2.37. The Morgan fingerprint density at radius 3 is 2.33 bits per heavy atom. The molecule has 1 nitrogen and oxygen atoms in total. The summed E-state index contributed by atoms with van der Waals surface area (Å²) in [6.07, 6.45) is 9.85. The van der Waals surface area contributed by atoms with E-state index in [9.17, 15) is 0 Å². The van der Waals surface area contributed by atoms with Gasteiger partial charge in [-0.15, -0.1) is 0 Å². The van der Waals surface area contributed by atoms with Gasteiger partial charge in [-0.05, 0) is 43.7 Å². The quantitative estimate of drug-likeness (QED) is 0.655. The van der Waals surface area contributed by atoms with E-state index >= 15 is 0 Å². The molecule has 0 spiro atoms. The second-order valence-corrected chi connectivity index (χ2v) is 5.82. The maximum atomic E-state index is 3.46. The first-order chi connectivity index (χ1) is 7.17. The molecule has 1 heterocycles. The fraction of sp³-hybridized carbons (Fsp3) is 1.00. The first-order valence-electron chi connectivity index (χ1n) is 6.87. The molecule has 90 valence electrons. The third kappa shape index (κ3) is 4.55. The second kappa shape index (κ2) is 6.52. The third-order valence-corrected chi connectivity index (χ3v) is 4.12. The van der Waals surface area contributed by atoms with E-state index in [1.54, 1.807) is 0 Å². The van der Waals surface area contributed by atoms with E-state index in [0.29, 0.717) is 5.41 Å². The van der Waals surface area contributed by atoms with Crippen LogP contribution in [0.1, 0.15) is 65.7 Å². The van der Waals surface area contributed by atoms with Crippen molar-refractivity contribution in [2.24, 2.45) is 11.3 Å². The highest BCUT2D eigenvalue weighted by molar-refractivity contribution is 4.82. The van der Waals surface area contributed by atoms with Gasteiger partial charge in [-0.1, -0.05) is 46.5 Å². The number of unbranched alkanes of at least 4 members (excludes halogenated alkanes) is 3. The summed E-state index contributed by atoms with van der Waals surface area (Å²) in [5.74, 6) is 0.959. The van der Waals surface area contributed by atoms with E-state index in [2.05, 4.69) is 26.1 Å². The topological polar surface area (TPSA) is 12.0 Å². The van der Waals surface area contributed by atoms with Crippen LogP contribution in [0, 0.1) is 11.3 Å². The van der Waals surface area contributed by atoms with Crippen LogP contribution >= 0.6 is 0 Å². The van der Waals surface area contributed by atoms with Gasteiger partial charge in [0.15, 0.2) is 0 Å². The molecule has 0 aromatic rings. The minimum atomic E-state index is 0.579. The molecule has 1 rings (SSSR count). The van der Waals surface area contributed by atoms with Crippen molar-refractivity contribution in [2.75, 3.05) is 13.1 Å². The van der Waals surface area contributed by atoms with E-state index in [0.717, 1.165) is 5.92 Å². The van der Waals surface area contributed by atoms with Gasteiger partial charge in [0.2, 0.25) is 0 Å². The van der Waals surface area contributed by atoms with Crippen LogP contribution in [0.4, 0.5) is 0 Å². The highest BCUT2D eigenvalue weighted by Gasteiger charge is 2.29. The van der Waals surface area contributed by atoms with Crippen molar-refractivity contribution in [1.29, 1.82) is 0 Å². The summed E-state index contributed by atoms with van der Waals surface area (Å²) in [5.41, 5.74) is 0.579. The minimum Gasteiger partial charge on any atom is -0.317 e. The van der Waals surface area contributed by atoms with Gasteiger partial charge in [0.05, 0.1) is 0 Å². The number of nitrogens with one attached hydrogen (secondary N) is 1. The number of hydrogen-bond donors (Lipinski definition) is 1. The van der Waals surface area contributed by atoms with Crippen LogP contribution in [0.2, 0.25) is 0 Å². The predicted octanol–water partition coefficient (Wildman–Crippen LogP) is 3.98. The lowest BCUT2D eigenvalue weighted by atomic mass is 9.71. The standard InChI is InChI=1S/C14H29N/c1-4-5-6-7-10-14(2,3)13-8-11-15-12-9-13/h13,15H,4-12H2,1-3H3. The monoisotopic (exact) mass is 211 g/mol. The molecule has 0 aromatic heterocycles. The average molecular weight is 211 g/mol. The van der Waals surface area contributed by atoms with Crippen molar-refractivity contribution < 1.29 is 0 Å². The number of hydrogen-bond acceptors (Lipinski definition) is 1. The van der Waals surface area contributed by atoms with Gasteiger partial charge >= 0.3 is 0 Å². The maximum Gasteiger partial charge on any atom is -0.00461 e. The smallest absolute Gasteiger partial charge is 0.00461 e. The van der Waals surface area contributed by atoms with Crippen LogP contribution < -0.4 is 5.32 Å². The predicted molar refractivity (Wildman–Crippen MR) is 68.1 cm³/mol. The molecule has 0 atom stereocenters. The molecule has 0 radical (unpaired) electrons. The Hall–Kier alpha value is -0.0400. The largest absolute Gasteiger partial charge is 0.317 e. The molecule has 1 N–H and O–H groups in total. The normalized spacial score (nSPS) is 19.4. The third-order valence-electron chi connectivity index (χ3n) is 4.12. The van der Waals surface area contributed by atoms with E-state index in [1.165, 1.54) is 58.0 Å². The lowest BCUT2D eigenvalue weighted by molar-refractivity contribution is 0.149. The average Bonchev–Trinajstić information content (AvgIpc) is 2.26. The van der Waals surface area contributed by atoms with Gasteiger partial charge < -0.3 is 5.32 Å². The molecular formula is C14H29N. The van der Waals surface area contributed by atoms with Crippen molar-refractivity contribution in [3.63, 3.8) is 0 Å². The van der Waals surface area contributed by atoms with E-state index in [1.807, 2.05) is 0 Å². The summed E-state index contributed by atoms with van der Waals surface area (Å²) in [6, 6.07) is 0. The van der Waals surface area contributed by atoms with Crippen molar-refractivity contribution >= 4 is 0 Å². The zero-order chi connectivity index (χ0) is 11.1. The van der Waals surface area contributed by atoms with Crippen LogP contribution in [0.5, 0.6) is 0 Å². The summed E-state index contributed by atoms with van der Waals surface area (Å²) in [5, 5.41) is 3.46. The molecule has 0 aliphatic carbocycles. The van der Waals surface area contributed by atoms with Crippen molar-refractivity contribution in [2.45, 2.75) is 65.7 Å². The van der Waals surface area contributed by atoms with Crippen LogP contribution in [-0.2, 0) is 0 Å². The summed E-state index contributed by atoms with van der Waals surface area (Å²) in [7, 11) is 0. The van der Waals surface area contributed by atoms with Crippen molar-refractivity contribution in [3.8, 4) is 0 Å². The lowest BCUT2D eigenvalue weighted by Crippen LogP contribution is -2.35. The molecule has 15 heavy (non-hydrogen) atoms. The SMILES string of the molecule is CCCCCCC(C)(C)C1CCNCC1. The second-order valence-electron chi connectivity index (χ2n) is 5.82. The Balaban J connectivity index is 2.23. The number of piperidine rings is 1. The molecule has 0 aromatic carbocycles. The number of rotatable bonds is 6. The molecule has 1 heteroatoms. The Kier molecular flexibility index (Phi) is 5.66. The Labute approximate surface area is 96.0 Å². The van der Waals surface area contributed by atoms with Crippen LogP contribution in [0.15, 0.2) is 0 Å². The van der Waals surface area contributed by atoms with Crippen molar-refractivity contribution in [1.82, 2.24) is 5.32 Å². The molecule has 1 aliphatic rings. The summed E-state index contributed by atoms with van der Waals surface area (Å²) < 4.78 is 0. The van der Waals surface area contributed by atoms with E-state index in [-0.39, 0.29) is 0 Å². The van der Waals surface area contributed by atoms with Gasteiger partial charge in [-0.25, -0.2) is 0 Å². The minimum absolute atomic E-state index is 0.579. The van der Waals surface area contributed by atoms with Gasteiger partial charge in [-0.2, -0.15) is 0 Å². The molecule has 0 amide bonds. The fourth-order valence-corrected chi connectivity index (χ4v) is 2.81. The zero-order valence-corrected chi connectivity index (χ0v) is 10.9. The molecule has 0 saturated carbocycles. The van der Waals surface area contributed by atoms with Gasteiger partial charge in [0.25, 0.3) is 0 Å². The molecule has 0 bridgehead atoms. The fourth-order valence-electron chi connectivity index (χ4n) is 2.81. The van der Waals surface area contributed by atoms with Crippen LogP contribution in [0.25, 0.3) is 0 Å². The molecule has 0 unspecified atom stereocenters. The Morgan fingerprint density at radius 1 is 1.07 bits per heavy atom. The first-order valence-corrected chi connectivity index (χ1v) is 6.87. The zero-order valence-electron chi connectivity index (χ0n) is 10.9. The summed E-state index contributed by atoms with van der Waals surface area (Å²) in [6.45, 7) is 9.73. The Bertz CT molecular complexity index is 157. The molecule has 1 fully saturated rings.